The molecule has 3 aliphatic rings. The third-order valence-corrected chi connectivity index (χ3v) is 4.86. The first-order valence-electron chi connectivity index (χ1n) is 7.93. The number of carbonyl (C=O) groups is 1. The Kier molecular flexibility index (Phi) is 3.42. The average Bonchev–Trinajstić information content (AvgIpc) is 3.07. The number of amides is 1. The summed E-state index contributed by atoms with van der Waals surface area (Å²) in [7, 11) is 0. The number of rotatable bonds is 2. The molecule has 22 heavy (non-hydrogen) atoms. The maximum Gasteiger partial charge on any atom is 0.342 e. The van der Waals surface area contributed by atoms with Gasteiger partial charge in [0.05, 0.1) is 6.20 Å². The van der Waals surface area contributed by atoms with E-state index in [2.05, 4.69) is 15.3 Å². The molecule has 2 bridgehead atoms. The van der Waals surface area contributed by atoms with Crippen LogP contribution in [-0.2, 0) is 0 Å². The molecule has 5 heteroatoms. The van der Waals surface area contributed by atoms with Crippen LogP contribution in [0.1, 0.15) is 12.8 Å². The lowest BCUT2D eigenvalue weighted by Gasteiger charge is -2.44. The van der Waals surface area contributed by atoms with Crippen LogP contribution in [-0.4, -0.2) is 46.4 Å². The van der Waals surface area contributed by atoms with Crippen molar-refractivity contribution in [2.24, 2.45) is 5.92 Å². The zero-order valence-corrected chi connectivity index (χ0v) is 12.5. The molecule has 114 valence electrons. The minimum absolute atomic E-state index is 0.124. The molecule has 1 atom stereocenters. The molecule has 1 N–H and O–H groups in total. The van der Waals surface area contributed by atoms with E-state index < -0.39 is 0 Å². The number of piperidine rings is 3. The van der Waals surface area contributed by atoms with Gasteiger partial charge in [0.25, 0.3) is 0 Å². The van der Waals surface area contributed by atoms with E-state index in [0.29, 0.717) is 5.92 Å². The zero-order chi connectivity index (χ0) is 14.9. The summed E-state index contributed by atoms with van der Waals surface area (Å²) >= 11 is 0. The van der Waals surface area contributed by atoms with Gasteiger partial charge in [0.1, 0.15) is 0 Å². The number of nitrogens with zero attached hydrogens (tertiary/aromatic N) is 3. The third-order valence-electron chi connectivity index (χ3n) is 4.86. The second-order valence-electron chi connectivity index (χ2n) is 6.23. The fourth-order valence-electron chi connectivity index (χ4n) is 3.57. The number of aromatic nitrogens is 2. The van der Waals surface area contributed by atoms with Crippen LogP contribution in [0.2, 0.25) is 0 Å². The summed E-state index contributed by atoms with van der Waals surface area (Å²) in [5.41, 5.74) is 2.04. The van der Waals surface area contributed by atoms with Crippen molar-refractivity contribution in [1.29, 1.82) is 0 Å². The van der Waals surface area contributed by atoms with Gasteiger partial charge in [0, 0.05) is 24.3 Å². The van der Waals surface area contributed by atoms with Crippen molar-refractivity contribution in [2.45, 2.75) is 18.9 Å². The van der Waals surface area contributed by atoms with Crippen LogP contribution in [0.3, 0.4) is 0 Å². The lowest BCUT2D eigenvalue weighted by molar-refractivity contribution is 0.0765. The molecule has 4 heterocycles. The Labute approximate surface area is 129 Å². The van der Waals surface area contributed by atoms with Crippen molar-refractivity contribution in [2.75, 3.05) is 19.6 Å². The van der Waals surface area contributed by atoms with Gasteiger partial charge in [-0.1, -0.05) is 30.3 Å². The Morgan fingerprint density at radius 1 is 1.14 bits per heavy atom. The van der Waals surface area contributed by atoms with E-state index in [0.717, 1.165) is 17.7 Å². The molecule has 0 unspecified atom stereocenters. The van der Waals surface area contributed by atoms with E-state index in [9.17, 15) is 4.79 Å². The highest BCUT2D eigenvalue weighted by atomic mass is 16.2. The van der Waals surface area contributed by atoms with Gasteiger partial charge in [-0.05, 0) is 37.4 Å². The van der Waals surface area contributed by atoms with E-state index >= 15 is 0 Å². The molecule has 3 aliphatic heterocycles. The summed E-state index contributed by atoms with van der Waals surface area (Å²) in [5.74, 6) is 0.623. The second-order valence-corrected chi connectivity index (χ2v) is 6.23. The number of nitrogens with one attached hydrogen (secondary N) is 1. The summed E-state index contributed by atoms with van der Waals surface area (Å²) in [6, 6.07) is 10.1. The van der Waals surface area contributed by atoms with Crippen molar-refractivity contribution >= 4 is 6.03 Å². The lowest BCUT2D eigenvalue weighted by Crippen LogP contribution is -2.57. The zero-order valence-electron chi connectivity index (χ0n) is 12.5. The smallest absolute Gasteiger partial charge is 0.332 e. The van der Waals surface area contributed by atoms with Crippen LogP contribution < -0.4 is 5.32 Å². The van der Waals surface area contributed by atoms with E-state index in [4.69, 9.17) is 0 Å². The van der Waals surface area contributed by atoms with Crippen LogP contribution >= 0.6 is 0 Å². The second kappa shape index (κ2) is 5.57. The normalized spacial score (nSPS) is 26.8. The number of benzene rings is 1. The number of fused-ring (bicyclic) bond motifs is 3. The van der Waals surface area contributed by atoms with Gasteiger partial charge in [-0.3, -0.25) is 0 Å². The summed E-state index contributed by atoms with van der Waals surface area (Å²) in [6.45, 7) is 3.33. The summed E-state index contributed by atoms with van der Waals surface area (Å²) in [5, 5.41) is 7.36. The minimum atomic E-state index is -0.124. The molecule has 0 saturated carbocycles. The lowest BCUT2D eigenvalue weighted by atomic mass is 9.84. The number of hydrogen-bond donors (Lipinski definition) is 1. The van der Waals surface area contributed by atoms with Crippen molar-refractivity contribution in [3.63, 3.8) is 0 Å². The van der Waals surface area contributed by atoms with Gasteiger partial charge in [-0.15, -0.1) is 0 Å². The van der Waals surface area contributed by atoms with E-state index in [1.54, 1.807) is 12.4 Å². The maximum atomic E-state index is 12.4. The molecule has 2 aromatic rings. The largest absolute Gasteiger partial charge is 0.342 e. The molecule has 1 aromatic heterocycles. The molecule has 0 radical (unpaired) electrons. The molecule has 3 fully saturated rings. The molecule has 1 amide bonds. The Bertz CT molecular complexity index is 658. The molecule has 1 aromatic carbocycles. The van der Waals surface area contributed by atoms with Gasteiger partial charge >= 0.3 is 6.03 Å². The minimum Gasteiger partial charge on any atom is -0.332 e. The van der Waals surface area contributed by atoms with Gasteiger partial charge in [0.2, 0.25) is 0 Å². The fourth-order valence-corrected chi connectivity index (χ4v) is 3.57. The Hall–Kier alpha value is -2.14. The van der Waals surface area contributed by atoms with Crippen molar-refractivity contribution < 1.29 is 4.79 Å². The van der Waals surface area contributed by atoms with Crippen molar-refractivity contribution in [3.8, 4) is 11.1 Å². The fraction of sp³-hybridized carbons (Fsp3) is 0.412. The van der Waals surface area contributed by atoms with Crippen molar-refractivity contribution in [1.82, 2.24) is 20.0 Å². The van der Waals surface area contributed by atoms with Crippen LogP contribution in [0.15, 0.2) is 42.7 Å². The summed E-state index contributed by atoms with van der Waals surface area (Å²) < 4.78 is 1.42. The van der Waals surface area contributed by atoms with Gasteiger partial charge in [0.15, 0.2) is 0 Å². The topological polar surface area (TPSA) is 50.2 Å². The van der Waals surface area contributed by atoms with Crippen LogP contribution in [0.25, 0.3) is 11.1 Å². The first-order valence-corrected chi connectivity index (χ1v) is 7.93. The monoisotopic (exact) mass is 296 g/mol. The highest BCUT2D eigenvalue weighted by molar-refractivity contribution is 5.77. The summed E-state index contributed by atoms with van der Waals surface area (Å²) in [4.78, 5) is 14.8. The quantitative estimate of drug-likeness (QED) is 0.924. The summed E-state index contributed by atoms with van der Waals surface area (Å²) in [6.07, 6.45) is 5.93. The van der Waals surface area contributed by atoms with E-state index in [-0.39, 0.29) is 12.1 Å². The highest BCUT2D eigenvalue weighted by Gasteiger charge is 2.35. The predicted molar refractivity (Wildman–Crippen MR) is 84.5 cm³/mol. The first-order chi connectivity index (χ1) is 10.8. The Balaban J connectivity index is 1.46. The highest BCUT2D eigenvalue weighted by Crippen LogP contribution is 2.27. The van der Waals surface area contributed by atoms with Gasteiger partial charge in [-0.2, -0.15) is 9.78 Å². The van der Waals surface area contributed by atoms with Crippen LogP contribution in [0, 0.1) is 5.92 Å². The predicted octanol–water partition coefficient (Wildman–Crippen LogP) is 2.20. The van der Waals surface area contributed by atoms with Crippen LogP contribution in [0.5, 0.6) is 0 Å². The molecule has 0 aliphatic carbocycles. The maximum absolute atomic E-state index is 12.4. The molecular weight excluding hydrogens is 276 g/mol. The SMILES string of the molecule is O=C(N[C@H]1CN2CCC1CC2)n1cc(-c2ccccc2)cn1. The molecule has 3 saturated heterocycles. The molecular formula is C17H20N4O. The van der Waals surface area contributed by atoms with Gasteiger partial charge < -0.3 is 10.2 Å². The Morgan fingerprint density at radius 2 is 1.91 bits per heavy atom. The molecule has 5 nitrogen and oxygen atoms in total. The first kappa shape index (κ1) is 13.5. The number of carbonyl (C=O) groups excluding carboxylic acids is 1. The third kappa shape index (κ3) is 2.52. The Morgan fingerprint density at radius 3 is 2.59 bits per heavy atom. The van der Waals surface area contributed by atoms with Crippen molar-refractivity contribution in [3.05, 3.63) is 42.7 Å². The van der Waals surface area contributed by atoms with Crippen LogP contribution in [0.4, 0.5) is 4.79 Å². The van der Waals surface area contributed by atoms with E-state index in [1.807, 2.05) is 30.3 Å². The standard InChI is InChI=1S/C17H20N4O/c22-17(19-16-12-20-8-6-14(16)7-9-20)21-11-15(10-18-21)13-4-2-1-3-5-13/h1-5,10-11,14,16H,6-9,12H2,(H,19,22)/t16-/m0/s1. The average molecular weight is 296 g/mol. The molecule has 5 rings (SSSR count). The number of hydrogen-bond acceptors (Lipinski definition) is 3. The van der Waals surface area contributed by atoms with E-state index in [1.165, 1.54) is 30.6 Å². The molecule has 0 spiro atoms. The van der Waals surface area contributed by atoms with Gasteiger partial charge in [-0.25, -0.2) is 4.79 Å².